The molecule has 0 amide bonds. The molecule has 1 aromatic rings. The molecule has 1 aromatic carbocycles. The molecule has 0 aliphatic carbocycles. The molecule has 0 radical (unpaired) electrons. The van der Waals surface area contributed by atoms with Gasteiger partial charge in [0.15, 0.2) is 0 Å². The molecule has 1 nitrogen and oxygen atoms in total. The fraction of sp³-hybridized carbons (Fsp3) is 0.143. The Morgan fingerprint density at radius 2 is 2.09 bits per heavy atom. The predicted octanol–water partition coefficient (Wildman–Crippen LogP) is -1.22. The van der Waals surface area contributed by atoms with E-state index < -0.39 is 11.6 Å². The number of methoxy groups -OCH3 is 1. The molecule has 54 valence electrons. The number of rotatable bonds is 1. The van der Waals surface area contributed by atoms with Crippen molar-refractivity contribution >= 4 is 0 Å². The van der Waals surface area contributed by atoms with Crippen molar-refractivity contribution in [3.63, 3.8) is 0 Å². The minimum atomic E-state index is -1.01. The Morgan fingerprint density at radius 1 is 1.45 bits per heavy atom. The molecule has 0 atom stereocenters. The first kappa shape index (κ1) is 10.5. The second-order valence-electron chi connectivity index (χ2n) is 1.67. The average molecular weight is 150 g/mol. The Hall–Kier alpha value is -0.523. The normalized spacial score (nSPS) is 8.64. The maximum Gasteiger partial charge on any atom is 1.00 e. The van der Waals surface area contributed by atoms with Gasteiger partial charge >= 0.3 is 18.9 Å². The number of halogens is 2. The van der Waals surface area contributed by atoms with Gasteiger partial charge in [-0.25, -0.2) is 4.39 Å². The molecular weight excluding hydrogens is 145 g/mol. The van der Waals surface area contributed by atoms with E-state index >= 15 is 0 Å². The molecule has 0 saturated carbocycles. The van der Waals surface area contributed by atoms with Gasteiger partial charge < -0.3 is 4.74 Å². The first-order valence-corrected chi connectivity index (χ1v) is 2.65. The minimum absolute atomic E-state index is 0. The molecule has 0 fully saturated rings. The summed E-state index contributed by atoms with van der Waals surface area (Å²) >= 11 is 0. The average Bonchev–Trinajstić information content (AvgIpc) is 1.95. The van der Waals surface area contributed by atoms with Crippen LogP contribution in [0.1, 0.15) is 0 Å². The molecule has 0 aromatic heterocycles. The summed E-state index contributed by atoms with van der Waals surface area (Å²) in [6.45, 7) is 0. The maximum atomic E-state index is 12.5. The van der Waals surface area contributed by atoms with E-state index in [0.717, 1.165) is 0 Å². The molecule has 1 rings (SSSR count). The largest absolute Gasteiger partial charge is 1.00 e. The topological polar surface area (TPSA) is 9.23 Å². The van der Waals surface area contributed by atoms with Gasteiger partial charge in [0, 0.05) is 11.6 Å². The molecule has 0 N–H and O–H groups in total. The zero-order valence-corrected chi connectivity index (χ0v) is 6.32. The Kier molecular flexibility index (Phi) is 4.17. The molecule has 0 spiro atoms. The zero-order valence-electron chi connectivity index (χ0n) is 6.32. The van der Waals surface area contributed by atoms with Crippen molar-refractivity contribution < 1.29 is 32.4 Å². The number of hydrogen-bond acceptors (Lipinski definition) is 1. The van der Waals surface area contributed by atoms with Crippen molar-refractivity contribution in [2.75, 3.05) is 7.11 Å². The molecule has 0 bridgehead atoms. The Balaban J connectivity index is 0.000001000. The Bertz CT molecular complexity index is 240. The van der Waals surface area contributed by atoms with Crippen molar-refractivity contribution in [2.24, 2.45) is 0 Å². The van der Waals surface area contributed by atoms with Gasteiger partial charge in [0.2, 0.25) is 0 Å². The monoisotopic (exact) mass is 150 g/mol. The predicted molar refractivity (Wildman–Crippen MR) is 31.7 cm³/mol. The third-order valence-electron chi connectivity index (χ3n) is 1.07. The van der Waals surface area contributed by atoms with Gasteiger partial charge in [-0.1, -0.05) is 0 Å². The van der Waals surface area contributed by atoms with Crippen molar-refractivity contribution in [1.29, 1.82) is 0 Å². The summed E-state index contributed by atoms with van der Waals surface area (Å²) in [6.07, 6.45) is 0. The maximum absolute atomic E-state index is 12.5. The summed E-state index contributed by atoms with van der Waals surface area (Å²) in [5, 5.41) is 0. The van der Waals surface area contributed by atoms with Gasteiger partial charge in [-0.3, -0.25) is 4.39 Å². The van der Waals surface area contributed by atoms with Gasteiger partial charge in [-0.15, -0.1) is 12.1 Å². The second kappa shape index (κ2) is 4.37. The van der Waals surface area contributed by atoms with Crippen molar-refractivity contribution in [1.82, 2.24) is 0 Å². The first-order valence-electron chi connectivity index (χ1n) is 2.65. The zero-order chi connectivity index (χ0) is 7.56. The van der Waals surface area contributed by atoms with Crippen LogP contribution in [0, 0.1) is 17.7 Å². The Labute approximate surface area is 75.5 Å². The van der Waals surface area contributed by atoms with Gasteiger partial charge in [0.25, 0.3) is 0 Å². The van der Waals surface area contributed by atoms with E-state index in [4.69, 9.17) is 0 Å². The molecule has 11 heavy (non-hydrogen) atoms. The molecule has 0 aliphatic heterocycles. The SMILES string of the molecule is COc1cc[c-]c(F)c1F.[Li+]. The van der Waals surface area contributed by atoms with Gasteiger partial charge in [0.1, 0.15) is 0 Å². The molecule has 0 unspecified atom stereocenters. The van der Waals surface area contributed by atoms with Crippen molar-refractivity contribution in [3.8, 4) is 5.75 Å². The summed E-state index contributed by atoms with van der Waals surface area (Å²) in [6, 6.07) is 4.62. The van der Waals surface area contributed by atoms with Crippen LogP contribution >= 0.6 is 0 Å². The second-order valence-corrected chi connectivity index (χ2v) is 1.67. The van der Waals surface area contributed by atoms with Gasteiger partial charge in [-0.05, 0) is 0 Å². The Morgan fingerprint density at radius 3 is 2.55 bits per heavy atom. The van der Waals surface area contributed by atoms with E-state index in [1.54, 1.807) is 0 Å². The van der Waals surface area contributed by atoms with E-state index in [-0.39, 0.29) is 24.6 Å². The van der Waals surface area contributed by atoms with Crippen LogP contribution in [0.3, 0.4) is 0 Å². The molecule has 0 saturated heterocycles. The van der Waals surface area contributed by atoms with E-state index in [1.807, 2.05) is 0 Å². The van der Waals surface area contributed by atoms with Crippen molar-refractivity contribution in [3.05, 3.63) is 29.8 Å². The summed E-state index contributed by atoms with van der Waals surface area (Å²) in [7, 11) is 1.28. The number of benzene rings is 1. The quantitative estimate of drug-likeness (QED) is 0.360. The van der Waals surface area contributed by atoms with Gasteiger partial charge in [-0.2, -0.15) is 6.07 Å². The molecular formula is C7H5F2LiO. The molecule has 0 heterocycles. The van der Waals surface area contributed by atoms with Crippen LogP contribution in [0.5, 0.6) is 5.75 Å². The van der Waals surface area contributed by atoms with Crippen LogP contribution in [0.15, 0.2) is 12.1 Å². The standard InChI is InChI=1S/C7H5F2O.Li/c1-10-6-4-2-3-5(8)7(6)9;/h2,4H,1H3;/q-1;+1. The third-order valence-corrected chi connectivity index (χ3v) is 1.07. The third kappa shape index (κ3) is 2.21. The van der Waals surface area contributed by atoms with E-state index in [0.29, 0.717) is 0 Å². The van der Waals surface area contributed by atoms with Crippen LogP contribution in [-0.2, 0) is 0 Å². The fourth-order valence-electron chi connectivity index (χ4n) is 0.593. The number of ether oxygens (including phenoxy) is 1. The van der Waals surface area contributed by atoms with Crippen LogP contribution < -0.4 is 23.6 Å². The van der Waals surface area contributed by atoms with Crippen LogP contribution in [0.4, 0.5) is 8.78 Å². The summed E-state index contributed by atoms with van der Waals surface area (Å²) in [5.74, 6) is -2.11. The van der Waals surface area contributed by atoms with Gasteiger partial charge in [0.05, 0.1) is 12.9 Å². The van der Waals surface area contributed by atoms with E-state index in [2.05, 4.69) is 10.8 Å². The first-order chi connectivity index (χ1) is 4.75. The fourth-order valence-corrected chi connectivity index (χ4v) is 0.593. The van der Waals surface area contributed by atoms with Crippen LogP contribution in [0.25, 0.3) is 0 Å². The molecule has 0 aliphatic rings. The van der Waals surface area contributed by atoms with E-state index in [1.165, 1.54) is 19.2 Å². The molecule has 4 heteroatoms. The summed E-state index contributed by atoms with van der Waals surface area (Å²) in [4.78, 5) is 0. The van der Waals surface area contributed by atoms with Crippen LogP contribution in [-0.4, -0.2) is 7.11 Å². The van der Waals surface area contributed by atoms with E-state index in [9.17, 15) is 8.78 Å². The number of hydrogen-bond donors (Lipinski definition) is 0. The summed E-state index contributed by atoms with van der Waals surface area (Å²) < 4.78 is 29.2. The van der Waals surface area contributed by atoms with Crippen LogP contribution in [0.2, 0.25) is 0 Å². The smallest absolute Gasteiger partial charge is 0.519 e. The summed E-state index contributed by atoms with van der Waals surface area (Å²) in [5.41, 5.74) is 0. The minimum Gasteiger partial charge on any atom is -0.519 e. The van der Waals surface area contributed by atoms with Crippen molar-refractivity contribution in [2.45, 2.75) is 0 Å².